The van der Waals surface area contributed by atoms with Crippen LogP contribution >= 0.6 is 12.4 Å². The molecule has 0 bridgehead atoms. The van der Waals surface area contributed by atoms with E-state index in [2.05, 4.69) is 16.5 Å². The summed E-state index contributed by atoms with van der Waals surface area (Å²) in [6, 6.07) is 9.81. The van der Waals surface area contributed by atoms with Crippen molar-refractivity contribution in [1.82, 2.24) is 15.1 Å². The van der Waals surface area contributed by atoms with Crippen LogP contribution in [-0.4, -0.2) is 21.7 Å². The van der Waals surface area contributed by atoms with Crippen molar-refractivity contribution in [2.45, 2.75) is 32.5 Å². The average Bonchev–Trinajstić information content (AvgIpc) is 2.90. The molecule has 5 nitrogen and oxygen atoms in total. The molecular weight excluding hydrogens is 288 g/mol. The van der Waals surface area contributed by atoms with E-state index in [0.29, 0.717) is 19.5 Å². The summed E-state index contributed by atoms with van der Waals surface area (Å²) in [7, 11) is 0. The van der Waals surface area contributed by atoms with E-state index >= 15 is 0 Å². The zero-order valence-corrected chi connectivity index (χ0v) is 12.8. The molecule has 6 heteroatoms. The third-order valence-electron chi connectivity index (χ3n) is 2.99. The van der Waals surface area contributed by atoms with E-state index in [1.54, 1.807) is 6.20 Å². The fourth-order valence-corrected chi connectivity index (χ4v) is 2.01. The first-order chi connectivity index (χ1) is 9.65. The summed E-state index contributed by atoms with van der Waals surface area (Å²) < 4.78 is 1.86. The topological polar surface area (TPSA) is 72.9 Å². The van der Waals surface area contributed by atoms with Gasteiger partial charge in [0.25, 0.3) is 0 Å². The summed E-state index contributed by atoms with van der Waals surface area (Å²) >= 11 is 0. The fraction of sp³-hybridized carbons (Fsp3) is 0.333. The van der Waals surface area contributed by atoms with E-state index in [0.717, 1.165) is 11.1 Å². The molecule has 21 heavy (non-hydrogen) atoms. The van der Waals surface area contributed by atoms with Gasteiger partial charge in [0.2, 0.25) is 5.91 Å². The van der Waals surface area contributed by atoms with Crippen LogP contribution in [0.15, 0.2) is 42.7 Å². The molecule has 2 aromatic rings. The highest BCUT2D eigenvalue weighted by molar-refractivity contribution is 5.85. The van der Waals surface area contributed by atoms with E-state index in [1.807, 2.05) is 42.1 Å². The molecule has 1 amide bonds. The van der Waals surface area contributed by atoms with Gasteiger partial charge in [-0.3, -0.25) is 9.48 Å². The Morgan fingerprint density at radius 1 is 1.33 bits per heavy atom. The summed E-state index contributed by atoms with van der Waals surface area (Å²) in [5, 5.41) is 7.10. The maximum absolute atomic E-state index is 11.6. The van der Waals surface area contributed by atoms with Crippen LogP contribution in [-0.2, 0) is 17.9 Å². The van der Waals surface area contributed by atoms with Crippen molar-refractivity contribution < 1.29 is 4.79 Å². The quantitative estimate of drug-likeness (QED) is 0.853. The van der Waals surface area contributed by atoms with Gasteiger partial charge in [-0.2, -0.15) is 5.10 Å². The molecular formula is C15H21ClN4O. The van der Waals surface area contributed by atoms with Gasteiger partial charge in [-0.25, -0.2) is 0 Å². The number of nitrogens with one attached hydrogen (secondary N) is 1. The van der Waals surface area contributed by atoms with Crippen LogP contribution in [0.3, 0.4) is 0 Å². The van der Waals surface area contributed by atoms with Crippen LogP contribution in [0.4, 0.5) is 0 Å². The van der Waals surface area contributed by atoms with Crippen molar-refractivity contribution in [1.29, 1.82) is 0 Å². The Morgan fingerprint density at radius 2 is 2.05 bits per heavy atom. The number of nitrogens with zero attached hydrogens (tertiary/aromatic N) is 2. The van der Waals surface area contributed by atoms with Gasteiger partial charge in [0.05, 0.1) is 6.54 Å². The van der Waals surface area contributed by atoms with Crippen LogP contribution in [0.1, 0.15) is 24.5 Å². The second-order valence-corrected chi connectivity index (χ2v) is 4.93. The zero-order chi connectivity index (χ0) is 14.4. The Hall–Kier alpha value is -1.85. The molecule has 0 radical (unpaired) electrons. The first-order valence-electron chi connectivity index (χ1n) is 6.71. The molecule has 1 aromatic carbocycles. The number of hydrogen-bond donors (Lipinski definition) is 2. The Labute approximate surface area is 130 Å². The maximum Gasteiger partial charge on any atom is 0.221 e. The predicted octanol–water partition coefficient (Wildman–Crippen LogP) is 1.71. The van der Waals surface area contributed by atoms with Crippen molar-refractivity contribution in [2.75, 3.05) is 0 Å². The molecule has 1 unspecified atom stereocenters. The highest BCUT2D eigenvalue weighted by atomic mass is 35.5. The minimum absolute atomic E-state index is 0. The van der Waals surface area contributed by atoms with Crippen LogP contribution < -0.4 is 11.1 Å². The Morgan fingerprint density at radius 3 is 2.67 bits per heavy atom. The lowest BCUT2D eigenvalue weighted by atomic mass is 10.1. The van der Waals surface area contributed by atoms with E-state index in [9.17, 15) is 4.79 Å². The predicted molar refractivity (Wildman–Crippen MR) is 85.1 cm³/mol. The monoisotopic (exact) mass is 308 g/mol. The molecule has 1 heterocycles. The SMILES string of the molecule is CC(N)CC(=O)NCc1ccccc1Cn1cccn1.Cl. The standard InChI is InChI=1S/C15H20N4O.ClH/c1-12(16)9-15(20)17-10-13-5-2-3-6-14(13)11-19-8-4-7-18-19;/h2-8,12H,9-11,16H2,1H3,(H,17,20);1H. The van der Waals surface area contributed by atoms with Crippen molar-refractivity contribution >= 4 is 18.3 Å². The molecule has 1 atom stereocenters. The van der Waals surface area contributed by atoms with Crippen LogP contribution in [0.25, 0.3) is 0 Å². The van der Waals surface area contributed by atoms with Gasteiger partial charge in [0.15, 0.2) is 0 Å². The second kappa shape index (κ2) is 8.44. The van der Waals surface area contributed by atoms with Crippen molar-refractivity contribution in [3.05, 3.63) is 53.9 Å². The van der Waals surface area contributed by atoms with E-state index in [4.69, 9.17) is 5.73 Å². The van der Waals surface area contributed by atoms with Crippen molar-refractivity contribution in [3.63, 3.8) is 0 Å². The number of hydrogen-bond acceptors (Lipinski definition) is 3. The lowest BCUT2D eigenvalue weighted by Gasteiger charge is -2.11. The molecule has 3 N–H and O–H groups in total. The highest BCUT2D eigenvalue weighted by Crippen LogP contribution is 2.10. The normalized spacial score (nSPS) is 11.5. The van der Waals surface area contributed by atoms with Gasteiger partial charge in [-0.05, 0) is 24.1 Å². The molecule has 0 aliphatic heterocycles. The minimum atomic E-state index is -0.116. The van der Waals surface area contributed by atoms with Crippen molar-refractivity contribution in [2.24, 2.45) is 5.73 Å². The summed E-state index contributed by atoms with van der Waals surface area (Å²) in [5.74, 6) is -0.0195. The molecule has 114 valence electrons. The number of amides is 1. The van der Waals surface area contributed by atoms with Crippen molar-refractivity contribution in [3.8, 4) is 0 Å². The summed E-state index contributed by atoms with van der Waals surface area (Å²) in [4.78, 5) is 11.6. The Balaban J connectivity index is 0.00000220. The molecule has 0 spiro atoms. The van der Waals surface area contributed by atoms with Crippen LogP contribution in [0, 0.1) is 0 Å². The fourth-order valence-electron chi connectivity index (χ4n) is 2.01. The van der Waals surface area contributed by atoms with Gasteiger partial charge in [0, 0.05) is 31.4 Å². The van der Waals surface area contributed by atoms with E-state index in [-0.39, 0.29) is 24.4 Å². The third kappa shape index (κ3) is 5.57. The zero-order valence-electron chi connectivity index (χ0n) is 12.0. The van der Waals surface area contributed by atoms with Gasteiger partial charge in [-0.15, -0.1) is 12.4 Å². The number of aromatic nitrogens is 2. The largest absolute Gasteiger partial charge is 0.352 e. The lowest BCUT2D eigenvalue weighted by molar-refractivity contribution is -0.121. The molecule has 0 fully saturated rings. The third-order valence-corrected chi connectivity index (χ3v) is 2.99. The first-order valence-corrected chi connectivity index (χ1v) is 6.71. The maximum atomic E-state index is 11.6. The molecule has 0 saturated heterocycles. The number of benzene rings is 1. The van der Waals surface area contributed by atoms with E-state index < -0.39 is 0 Å². The van der Waals surface area contributed by atoms with Crippen LogP contribution in [0.2, 0.25) is 0 Å². The summed E-state index contributed by atoms with van der Waals surface area (Å²) in [5.41, 5.74) is 7.86. The number of halogens is 1. The minimum Gasteiger partial charge on any atom is -0.352 e. The van der Waals surface area contributed by atoms with Gasteiger partial charge in [0.1, 0.15) is 0 Å². The van der Waals surface area contributed by atoms with Gasteiger partial charge < -0.3 is 11.1 Å². The number of carbonyl (C=O) groups excluding carboxylic acids is 1. The molecule has 1 aromatic heterocycles. The number of carbonyl (C=O) groups is 1. The summed E-state index contributed by atoms with van der Waals surface area (Å²) in [6.45, 7) is 3.04. The smallest absolute Gasteiger partial charge is 0.221 e. The summed E-state index contributed by atoms with van der Waals surface area (Å²) in [6.07, 6.45) is 4.03. The molecule has 0 aliphatic rings. The number of rotatable bonds is 6. The molecule has 2 rings (SSSR count). The Bertz CT molecular complexity index is 555. The van der Waals surface area contributed by atoms with Gasteiger partial charge in [-0.1, -0.05) is 24.3 Å². The van der Waals surface area contributed by atoms with E-state index in [1.165, 1.54) is 0 Å². The highest BCUT2D eigenvalue weighted by Gasteiger charge is 2.07. The average molecular weight is 309 g/mol. The van der Waals surface area contributed by atoms with Crippen LogP contribution in [0.5, 0.6) is 0 Å². The molecule has 0 saturated carbocycles. The molecule has 0 aliphatic carbocycles. The second-order valence-electron chi connectivity index (χ2n) is 4.93. The Kier molecular flexibility index (Phi) is 6.91. The number of nitrogens with two attached hydrogens (primary N) is 1. The first kappa shape index (κ1) is 17.2. The lowest BCUT2D eigenvalue weighted by Crippen LogP contribution is -2.29. The van der Waals surface area contributed by atoms with Gasteiger partial charge >= 0.3 is 0 Å².